The second-order valence-electron chi connectivity index (χ2n) is 11.0. The van der Waals surface area contributed by atoms with E-state index in [0.717, 1.165) is 18.8 Å². The summed E-state index contributed by atoms with van der Waals surface area (Å²) in [5, 5.41) is 9.80. The summed E-state index contributed by atoms with van der Waals surface area (Å²) in [5.41, 5.74) is 1.66. The normalized spacial score (nSPS) is 20.8. The number of aromatic nitrogens is 6. The molecule has 2 N–H and O–H groups in total. The van der Waals surface area contributed by atoms with Crippen LogP contribution in [0.4, 0.5) is 5.82 Å². The Kier molecular flexibility index (Phi) is 6.55. The van der Waals surface area contributed by atoms with Crippen LogP contribution in [0.2, 0.25) is 0 Å². The Hall–Kier alpha value is -3.82. The molecule has 2 aliphatic carbocycles. The molecule has 2 aliphatic rings. The van der Waals surface area contributed by atoms with Crippen LogP contribution in [0.1, 0.15) is 75.0 Å². The molecule has 0 unspecified atom stereocenters. The molecule has 0 amide bonds. The molecule has 0 bridgehead atoms. The van der Waals surface area contributed by atoms with E-state index < -0.39 is 5.76 Å². The molecule has 10 heteroatoms. The molecule has 3 heterocycles. The van der Waals surface area contributed by atoms with Crippen molar-refractivity contribution in [2.75, 3.05) is 5.32 Å². The Balaban J connectivity index is 1.50. The standard InChI is InChI=1S/C28H33N7O3/c1-16-11-13-18(14-12-16)15-35-21-23(29-17(2)19-9-6-10-19)30-25(27-33-34-28(37)38-27)31-24(21)32-26(35)22(36)20-7-4-3-5-8-20/h3-5,7-8,16-19H,6,9-15H2,1-2H3,(H,34,37)(H,29,30,31)/t16?,17-,18?/m1/s1. The van der Waals surface area contributed by atoms with Gasteiger partial charge in [-0.3, -0.25) is 4.79 Å². The zero-order valence-electron chi connectivity index (χ0n) is 21.8. The van der Waals surface area contributed by atoms with E-state index in [1.54, 1.807) is 0 Å². The first-order valence-electron chi connectivity index (χ1n) is 13.7. The first-order valence-corrected chi connectivity index (χ1v) is 13.7. The fourth-order valence-corrected chi connectivity index (χ4v) is 5.67. The van der Waals surface area contributed by atoms with Crippen LogP contribution in [0.3, 0.4) is 0 Å². The topological polar surface area (TPSA) is 132 Å². The molecule has 2 fully saturated rings. The SMILES string of the molecule is CC1CCC(Cn2c(C(=O)c3ccccc3)nc3nc(-c4n[nH]c(=O)o4)nc(N[C@H](C)C4CCC4)c32)CC1. The van der Waals surface area contributed by atoms with Gasteiger partial charge in [0.25, 0.3) is 5.89 Å². The molecule has 0 spiro atoms. The Morgan fingerprint density at radius 2 is 1.87 bits per heavy atom. The van der Waals surface area contributed by atoms with E-state index in [-0.39, 0.29) is 23.5 Å². The first-order chi connectivity index (χ1) is 18.5. The Morgan fingerprint density at radius 1 is 1.11 bits per heavy atom. The highest BCUT2D eigenvalue weighted by atomic mass is 16.4. The third-order valence-electron chi connectivity index (χ3n) is 8.27. The number of fused-ring (bicyclic) bond motifs is 1. The summed E-state index contributed by atoms with van der Waals surface area (Å²) < 4.78 is 7.19. The van der Waals surface area contributed by atoms with E-state index in [0.29, 0.717) is 46.8 Å². The molecule has 6 rings (SSSR count). The maximum absolute atomic E-state index is 13.8. The van der Waals surface area contributed by atoms with Crippen LogP contribution in [-0.4, -0.2) is 41.5 Å². The van der Waals surface area contributed by atoms with E-state index in [9.17, 15) is 9.59 Å². The molecule has 10 nitrogen and oxygen atoms in total. The fraction of sp³-hybridized carbons (Fsp3) is 0.500. The molecular formula is C28H33N7O3. The van der Waals surface area contributed by atoms with Crippen molar-refractivity contribution in [3.05, 3.63) is 52.3 Å². The van der Waals surface area contributed by atoms with E-state index in [4.69, 9.17) is 14.4 Å². The van der Waals surface area contributed by atoms with Gasteiger partial charge >= 0.3 is 5.76 Å². The van der Waals surface area contributed by atoms with Crippen LogP contribution in [-0.2, 0) is 6.54 Å². The average Bonchev–Trinajstić information content (AvgIpc) is 3.48. The van der Waals surface area contributed by atoms with Crippen molar-refractivity contribution in [3.8, 4) is 11.7 Å². The summed E-state index contributed by atoms with van der Waals surface area (Å²) in [5.74, 6) is 1.94. The van der Waals surface area contributed by atoms with Gasteiger partial charge in [0, 0.05) is 18.2 Å². The Morgan fingerprint density at radius 3 is 2.53 bits per heavy atom. The van der Waals surface area contributed by atoms with E-state index >= 15 is 0 Å². The maximum atomic E-state index is 13.8. The number of ketones is 1. The number of aromatic amines is 1. The molecule has 1 aromatic carbocycles. The lowest BCUT2D eigenvalue weighted by atomic mass is 9.80. The van der Waals surface area contributed by atoms with Crippen molar-refractivity contribution < 1.29 is 9.21 Å². The lowest BCUT2D eigenvalue weighted by Crippen LogP contribution is -2.31. The number of hydrogen-bond donors (Lipinski definition) is 2. The number of imidazole rings is 1. The fourth-order valence-electron chi connectivity index (χ4n) is 5.67. The molecule has 0 saturated heterocycles. The third-order valence-corrected chi connectivity index (χ3v) is 8.27. The van der Waals surface area contributed by atoms with Gasteiger partial charge in [0.1, 0.15) is 5.52 Å². The monoisotopic (exact) mass is 515 g/mol. The lowest BCUT2D eigenvalue weighted by molar-refractivity contribution is 0.102. The van der Waals surface area contributed by atoms with E-state index in [1.807, 2.05) is 34.9 Å². The van der Waals surface area contributed by atoms with Gasteiger partial charge < -0.3 is 14.3 Å². The number of hydrogen-bond acceptors (Lipinski definition) is 8. The zero-order valence-corrected chi connectivity index (χ0v) is 21.8. The highest BCUT2D eigenvalue weighted by molar-refractivity contribution is 6.08. The van der Waals surface area contributed by atoms with Gasteiger partial charge in [0.05, 0.1) is 0 Å². The summed E-state index contributed by atoms with van der Waals surface area (Å²) in [6, 6.07) is 9.39. The zero-order chi connectivity index (χ0) is 26.2. The van der Waals surface area contributed by atoms with Crippen LogP contribution in [0.15, 0.2) is 39.5 Å². The molecule has 2 saturated carbocycles. The highest BCUT2D eigenvalue weighted by Crippen LogP contribution is 2.35. The number of benzene rings is 1. The van der Waals surface area contributed by atoms with Gasteiger partial charge in [-0.05, 0) is 50.4 Å². The van der Waals surface area contributed by atoms with Gasteiger partial charge in [0.2, 0.25) is 11.6 Å². The number of nitrogens with one attached hydrogen (secondary N) is 2. The van der Waals surface area contributed by atoms with Crippen molar-refractivity contribution in [1.29, 1.82) is 0 Å². The van der Waals surface area contributed by atoms with Gasteiger partial charge in [-0.2, -0.15) is 0 Å². The molecule has 0 aliphatic heterocycles. The third kappa shape index (κ3) is 4.75. The first kappa shape index (κ1) is 24.5. The molecule has 0 radical (unpaired) electrons. The van der Waals surface area contributed by atoms with Crippen molar-refractivity contribution in [3.63, 3.8) is 0 Å². The summed E-state index contributed by atoms with van der Waals surface area (Å²) in [6.45, 7) is 5.13. The minimum Gasteiger partial charge on any atom is -0.384 e. The summed E-state index contributed by atoms with van der Waals surface area (Å²) in [4.78, 5) is 39.6. The van der Waals surface area contributed by atoms with E-state index in [2.05, 4.69) is 34.3 Å². The predicted molar refractivity (Wildman–Crippen MR) is 143 cm³/mol. The van der Waals surface area contributed by atoms with Crippen LogP contribution in [0, 0.1) is 17.8 Å². The molecule has 3 aromatic heterocycles. The van der Waals surface area contributed by atoms with Crippen molar-refractivity contribution in [1.82, 2.24) is 29.7 Å². The van der Waals surface area contributed by atoms with Gasteiger partial charge in [-0.25, -0.2) is 24.8 Å². The Labute approximate surface area is 220 Å². The van der Waals surface area contributed by atoms with Crippen molar-refractivity contribution in [2.24, 2.45) is 17.8 Å². The largest absolute Gasteiger partial charge is 0.434 e. The molecule has 4 aromatic rings. The maximum Gasteiger partial charge on any atom is 0.434 e. The Bertz CT molecular complexity index is 1490. The van der Waals surface area contributed by atoms with Crippen molar-refractivity contribution in [2.45, 2.75) is 71.4 Å². The van der Waals surface area contributed by atoms with Gasteiger partial charge in [-0.15, -0.1) is 5.10 Å². The van der Waals surface area contributed by atoms with E-state index in [1.165, 1.54) is 32.1 Å². The average molecular weight is 516 g/mol. The van der Waals surface area contributed by atoms with Crippen molar-refractivity contribution >= 4 is 22.8 Å². The number of carbonyl (C=O) groups is 1. The smallest absolute Gasteiger partial charge is 0.384 e. The molecule has 198 valence electrons. The second kappa shape index (κ2) is 10.2. The minimum atomic E-state index is -0.682. The van der Waals surface area contributed by atoms with Gasteiger partial charge in [0.15, 0.2) is 17.3 Å². The minimum absolute atomic E-state index is 0.0111. The van der Waals surface area contributed by atoms with Crippen LogP contribution < -0.4 is 11.1 Å². The summed E-state index contributed by atoms with van der Waals surface area (Å²) in [7, 11) is 0. The number of H-pyrrole nitrogens is 1. The predicted octanol–water partition coefficient (Wildman–Crippen LogP) is 4.83. The van der Waals surface area contributed by atoms with Crippen LogP contribution in [0.5, 0.6) is 0 Å². The quantitative estimate of drug-likeness (QED) is 0.319. The summed E-state index contributed by atoms with van der Waals surface area (Å²) >= 11 is 0. The van der Waals surface area contributed by atoms with Crippen LogP contribution in [0.25, 0.3) is 22.9 Å². The number of anilines is 1. The van der Waals surface area contributed by atoms with Crippen LogP contribution >= 0.6 is 0 Å². The lowest BCUT2D eigenvalue weighted by Gasteiger charge is -2.32. The second-order valence-corrected chi connectivity index (χ2v) is 11.0. The number of rotatable bonds is 8. The highest BCUT2D eigenvalue weighted by Gasteiger charge is 2.30. The number of nitrogens with zero attached hydrogens (tertiary/aromatic N) is 5. The summed E-state index contributed by atoms with van der Waals surface area (Å²) in [6.07, 6.45) is 8.15. The number of carbonyl (C=O) groups excluding carboxylic acids is 1. The molecular weight excluding hydrogens is 482 g/mol. The van der Waals surface area contributed by atoms with Gasteiger partial charge in [-0.1, -0.05) is 56.5 Å². The molecule has 38 heavy (non-hydrogen) atoms. The molecule has 1 atom stereocenters.